The number of rotatable bonds is 4. The van der Waals surface area contributed by atoms with Gasteiger partial charge in [0.25, 0.3) is 10.0 Å². The van der Waals surface area contributed by atoms with Crippen molar-refractivity contribution in [3.63, 3.8) is 0 Å². The van der Waals surface area contributed by atoms with Crippen molar-refractivity contribution in [2.45, 2.75) is 56.1 Å². The first kappa shape index (κ1) is 19.4. The zero-order chi connectivity index (χ0) is 20.9. The lowest BCUT2D eigenvalue weighted by atomic mass is 9.99. The summed E-state index contributed by atoms with van der Waals surface area (Å²) in [5.41, 5.74) is 5.60. The average molecular weight is 433 g/mol. The Hall–Kier alpha value is -2.59. The zero-order valence-corrected chi connectivity index (χ0v) is 17.5. The third-order valence-corrected chi connectivity index (χ3v) is 7.42. The lowest BCUT2D eigenvalue weighted by Gasteiger charge is -2.23. The van der Waals surface area contributed by atoms with Crippen LogP contribution in [0.5, 0.6) is 5.88 Å². The highest BCUT2D eigenvalue weighted by molar-refractivity contribution is 7.90. The molecule has 1 aromatic heterocycles. The molecule has 2 N–H and O–H groups in total. The van der Waals surface area contributed by atoms with Crippen LogP contribution in [-0.4, -0.2) is 44.1 Å². The lowest BCUT2D eigenvalue weighted by molar-refractivity contribution is 0.0165. The van der Waals surface area contributed by atoms with E-state index in [1.165, 1.54) is 22.0 Å². The van der Waals surface area contributed by atoms with Gasteiger partial charge < -0.3 is 14.8 Å². The molecule has 2 heterocycles. The molecule has 0 saturated carbocycles. The number of hydrogen-bond acceptors (Lipinski definition) is 6. The molecule has 1 atom stereocenters. The molecule has 0 saturated heterocycles. The second-order valence-corrected chi connectivity index (χ2v) is 9.61. The summed E-state index contributed by atoms with van der Waals surface area (Å²) >= 11 is 0. The molecule has 2 aromatic rings. The maximum Gasteiger partial charge on any atom is 0.333 e. The summed E-state index contributed by atoms with van der Waals surface area (Å²) in [5.74, 6) is 0.116. The van der Waals surface area contributed by atoms with E-state index in [-0.39, 0.29) is 23.5 Å². The Kier molecular flexibility index (Phi) is 4.70. The molecule has 1 aliphatic heterocycles. The Labute approximate surface area is 174 Å². The smallest absolute Gasteiger partial charge is 0.333 e. The molecule has 0 bridgehead atoms. The second kappa shape index (κ2) is 7.28. The van der Waals surface area contributed by atoms with Crippen molar-refractivity contribution in [2.24, 2.45) is 0 Å². The van der Waals surface area contributed by atoms with E-state index in [1.54, 1.807) is 7.11 Å². The van der Waals surface area contributed by atoms with Gasteiger partial charge in [-0.2, -0.15) is 5.10 Å². The fraction of sp³-hybridized carbons (Fsp3) is 0.500. The summed E-state index contributed by atoms with van der Waals surface area (Å²) in [5, 5.41) is 6.91. The third kappa shape index (κ3) is 3.24. The van der Waals surface area contributed by atoms with Crippen LogP contribution in [0.3, 0.4) is 0 Å². The van der Waals surface area contributed by atoms with E-state index in [4.69, 9.17) is 9.47 Å². The molecule has 2 amide bonds. The fourth-order valence-electron chi connectivity index (χ4n) is 4.66. The SMILES string of the molecule is COC1COc2c(S(=O)(=O)NC(=O)Nc3c4c(cc5c3CCC5)CCC4)cnn2C1. The first-order valence-electron chi connectivity index (χ1n) is 10.2. The molecule has 160 valence electrons. The minimum absolute atomic E-state index is 0.116. The predicted molar refractivity (Wildman–Crippen MR) is 108 cm³/mol. The summed E-state index contributed by atoms with van der Waals surface area (Å²) in [6, 6.07) is 1.49. The van der Waals surface area contributed by atoms with E-state index < -0.39 is 16.1 Å². The molecule has 0 fully saturated rings. The Morgan fingerprint density at radius 3 is 2.57 bits per heavy atom. The van der Waals surface area contributed by atoms with E-state index in [1.807, 2.05) is 0 Å². The molecular formula is C20H24N4O5S. The Morgan fingerprint density at radius 1 is 1.20 bits per heavy atom. The number of sulfonamides is 1. The highest BCUT2D eigenvalue weighted by Gasteiger charge is 2.32. The van der Waals surface area contributed by atoms with Crippen molar-refractivity contribution in [3.05, 3.63) is 34.5 Å². The van der Waals surface area contributed by atoms with Crippen LogP contribution in [0.25, 0.3) is 0 Å². The molecule has 30 heavy (non-hydrogen) atoms. The van der Waals surface area contributed by atoms with Crippen molar-refractivity contribution in [1.29, 1.82) is 0 Å². The first-order valence-corrected chi connectivity index (χ1v) is 11.7. The number of methoxy groups -OCH3 is 1. The molecule has 1 unspecified atom stereocenters. The molecule has 0 radical (unpaired) electrons. The number of amides is 2. The largest absolute Gasteiger partial charge is 0.474 e. The van der Waals surface area contributed by atoms with Crippen LogP contribution < -0.4 is 14.8 Å². The van der Waals surface area contributed by atoms with Gasteiger partial charge in [-0.3, -0.25) is 0 Å². The number of aromatic nitrogens is 2. The number of fused-ring (bicyclic) bond motifs is 3. The van der Waals surface area contributed by atoms with Crippen molar-refractivity contribution in [3.8, 4) is 5.88 Å². The lowest BCUT2D eigenvalue weighted by Crippen LogP contribution is -2.36. The van der Waals surface area contributed by atoms with Crippen LogP contribution >= 0.6 is 0 Å². The summed E-state index contributed by atoms with van der Waals surface area (Å²) in [4.78, 5) is 12.5. The summed E-state index contributed by atoms with van der Waals surface area (Å²) in [6.07, 6.45) is 6.89. The van der Waals surface area contributed by atoms with Crippen LogP contribution in [0.2, 0.25) is 0 Å². The first-order chi connectivity index (χ1) is 14.5. The van der Waals surface area contributed by atoms with Crippen molar-refractivity contribution in [2.75, 3.05) is 19.0 Å². The number of carbonyl (C=O) groups excluding carboxylic acids is 1. The van der Waals surface area contributed by atoms with Crippen molar-refractivity contribution >= 4 is 21.7 Å². The average Bonchev–Trinajstić information content (AvgIpc) is 3.45. The van der Waals surface area contributed by atoms with Gasteiger partial charge in [0.1, 0.15) is 12.7 Å². The minimum Gasteiger partial charge on any atom is -0.474 e. The topological polar surface area (TPSA) is 112 Å². The van der Waals surface area contributed by atoms with Gasteiger partial charge >= 0.3 is 6.03 Å². The number of urea groups is 1. The number of carbonyl (C=O) groups is 1. The molecule has 10 heteroatoms. The van der Waals surface area contributed by atoms with Crippen molar-refractivity contribution in [1.82, 2.24) is 14.5 Å². The number of nitrogens with one attached hydrogen (secondary N) is 2. The van der Waals surface area contributed by atoms with E-state index in [0.29, 0.717) is 6.54 Å². The summed E-state index contributed by atoms with van der Waals surface area (Å²) in [7, 11) is -2.58. The van der Waals surface area contributed by atoms with E-state index >= 15 is 0 Å². The zero-order valence-electron chi connectivity index (χ0n) is 16.7. The van der Waals surface area contributed by atoms with Gasteiger partial charge in [0.05, 0.1) is 12.7 Å². The molecule has 1 aromatic carbocycles. The standard InChI is InChI=1S/C20H24N4O5S/c1-28-14-10-24-19(29-11-14)17(9-21-24)30(26,27)23-20(25)22-18-15-6-2-4-12(15)8-13-5-3-7-16(13)18/h8-9,14H,2-7,10-11H2,1H3,(H2,22,23,25). The van der Waals surface area contributed by atoms with Gasteiger partial charge in [-0.15, -0.1) is 0 Å². The second-order valence-electron chi connectivity index (χ2n) is 7.96. The van der Waals surface area contributed by atoms with Gasteiger partial charge in [-0.05, 0) is 60.8 Å². The van der Waals surface area contributed by atoms with Gasteiger partial charge in [-0.25, -0.2) is 22.6 Å². The Balaban J connectivity index is 1.38. The quantitative estimate of drug-likeness (QED) is 0.762. The van der Waals surface area contributed by atoms with Gasteiger partial charge in [0.15, 0.2) is 4.90 Å². The number of nitrogens with zero attached hydrogens (tertiary/aromatic N) is 2. The highest BCUT2D eigenvalue weighted by Crippen LogP contribution is 2.38. The highest BCUT2D eigenvalue weighted by atomic mass is 32.2. The molecule has 0 spiro atoms. The molecule has 5 rings (SSSR count). The number of anilines is 1. The monoisotopic (exact) mass is 432 g/mol. The fourth-order valence-corrected chi connectivity index (χ4v) is 5.65. The van der Waals surface area contributed by atoms with Crippen LogP contribution in [0.4, 0.5) is 10.5 Å². The Morgan fingerprint density at radius 2 is 1.90 bits per heavy atom. The molecular weight excluding hydrogens is 408 g/mol. The number of ether oxygens (including phenoxy) is 2. The maximum atomic E-state index is 12.8. The van der Waals surface area contributed by atoms with Crippen LogP contribution in [0.15, 0.2) is 17.2 Å². The number of aryl methyl sites for hydroxylation is 2. The summed E-state index contributed by atoms with van der Waals surface area (Å²) < 4.78 is 40.0. The van der Waals surface area contributed by atoms with Gasteiger partial charge in [0.2, 0.25) is 5.88 Å². The molecule has 3 aliphatic rings. The van der Waals surface area contributed by atoms with Crippen LogP contribution in [0.1, 0.15) is 35.1 Å². The van der Waals surface area contributed by atoms with E-state index in [2.05, 4.69) is 21.2 Å². The van der Waals surface area contributed by atoms with Crippen molar-refractivity contribution < 1.29 is 22.7 Å². The predicted octanol–water partition coefficient (Wildman–Crippen LogP) is 1.78. The summed E-state index contributed by atoms with van der Waals surface area (Å²) in [6.45, 7) is 0.606. The van der Waals surface area contributed by atoms with E-state index in [0.717, 1.165) is 55.3 Å². The third-order valence-electron chi connectivity index (χ3n) is 6.10. The normalized spacial score (nSPS) is 19.6. The van der Waals surface area contributed by atoms with Crippen LogP contribution in [0, 0.1) is 0 Å². The number of benzene rings is 1. The minimum atomic E-state index is -4.14. The Bertz CT molecular complexity index is 1090. The maximum absolute atomic E-state index is 12.8. The van der Waals surface area contributed by atoms with Crippen LogP contribution in [-0.2, 0) is 47.0 Å². The van der Waals surface area contributed by atoms with Gasteiger partial charge in [0, 0.05) is 12.8 Å². The molecule has 2 aliphatic carbocycles. The van der Waals surface area contributed by atoms with Gasteiger partial charge in [-0.1, -0.05) is 6.07 Å². The number of hydrogen-bond donors (Lipinski definition) is 2. The van der Waals surface area contributed by atoms with E-state index in [9.17, 15) is 13.2 Å². The molecule has 9 nitrogen and oxygen atoms in total.